The van der Waals surface area contributed by atoms with Gasteiger partial charge in [-0.2, -0.15) is 0 Å². The SMILES string of the molecule is CCCCCCCCCCCCCCCCC(=O)OC[C@H](COC(=O)CCCCCCCCCCCCCCC)OC(=O)CCCCCCCCCCCCCCC(C)C. The van der Waals surface area contributed by atoms with E-state index in [1.54, 1.807) is 0 Å². The van der Waals surface area contributed by atoms with Crippen molar-refractivity contribution in [2.45, 2.75) is 310 Å². The number of hydrogen-bond donors (Lipinski definition) is 0. The molecule has 0 aliphatic heterocycles. The van der Waals surface area contributed by atoms with Crippen LogP contribution in [0.2, 0.25) is 0 Å². The summed E-state index contributed by atoms with van der Waals surface area (Å²) in [4.78, 5) is 38.0. The molecule has 0 heterocycles. The predicted molar refractivity (Wildman–Crippen MR) is 257 cm³/mol. The van der Waals surface area contributed by atoms with E-state index in [-0.39, 0.29) is 31.1 Å². The number of hydrogen-bond acceptors (Lipinski definition) is 6. The molecule has 0 aromatic heterocycles. The Balaban J connectivity index is 4.31. The van der Waals surface area contributed by atoms with Crippen molar-refractivity contribution in [2.75, 3.05) is 13.2 Å². The molecular formula is C54H104O6. The van der Waals surface area contributed by atoms with Crippen LogP contribution >= 0.6 is 0 Å². The molecule has 0 saturated carbocycles. The van der Waals surface area contributed by atoms with Crippen LogP contribution in [0.25, 0.3) is 0 Å². The summed E-state index contributed by atoms with van der Waals surface area (Å²) in [6.45, 7) is 9.04. The van der Waals surface area contributed by atoms with Gasteiger partial charge in [0.05, 0.1) is 0 Å². The number of unbranched alkanes of at least 4 members (excludes halogenated alkanes) is 36. The smallest absolute Gasteiger partial charge is 0.306 e. The molecule has 0 spiro atoms. The van der Waals surface area contributed by atoms with E-state index in [0.29, 0.717) is 19.3 Å². The highest BCUT2D eigenvalue weighted by atomic mass is 16.6. The van der Waals surface area contributed by atoms with Crippen LogP contribution in [0.4, 0.5) is 0 Å². The van der Waals surface area contributed by atoms with E-state index < -0.39 is 6.10 Å². The highest BCUT2D eigenvalue weighted by Crippen LogP contribution is 2.17. The molecule has 6 heteroatoms. The van der Waals surface area contributed by atoms with E-state index >= 15 is 0 Å². The van der Waals surface area contributed by atoms with Gasteiger partial charge in [0.1, 0.15) is 13.2 Å². The van der Waals surface area contributed by atoms with Gasteiger partial charge < -0.3 is 14.2 Å². The van der Waals surface area contributed by atoms with Crippen molar-refractivity contribution in [3.63, 3.8) is 0 Å². The van der Waals surface area contributed by atoms with Crippen LogP contribution in [0, 0.1) is 5.92 Å². The maximum atomic E-state index is 12.8. The summed E-state index contributed by atoms with van der Waals surface area (Å²) in [5, 5.41) is 0. The van der Waals surface area contributed by atoms with Gasteiger partial charge in [-0.05, 0) is 25.2 Å². The first kappa shape index (κ1) is 58.4. The molecule has 0 N–H and O–H groups in total. The van der Waals surface area contributed by atoms with E-state index in [2.05, 4.69) is 27.7 Å². The first-order valence-corrected chi connectivity index (χ1v) is 26.9. The van der Waals surface area contributed by atoms with Crippen molar-refractivity contribution in [3.8, 4) is 0 Å². The molecule has 0 fully saturated rings. The normalized spacial score (nSPS) is 11.9. The Morgan fingerprint density at radius 3 is 0.817 bits per heavy atom. The molecule has 0 radical (unpaired) electrons. The highest BCUT2D eigenvalue weighted by molar-refractivity contribution is 5.71. The van der Waals surface area contributed by atoms with Crippen molar-refractivity contribution >= 4 is 17.9 Å². The first-order chi connectivity index (χ1) is 29.4. The second kappa shape index (κ2) is 48.4. The standard InChI is InChI=1S/C54H104O6/c1-5-7-9-11-13-15-17-19-21-26-30-34-38-42-46-53(56)59-49-51(48-58-52(55)45-41-37-33-29-25-20-18-16-14-12-10-8-6-2)60-54(57)47-43-39-35-31-27-23-22-24-28-32-36-40-44-50(3)4/h50-51H,5-49H2,1-4H3/t51-/m0/s1. The summed E-state index contributed by atoms with van der Waals surface area (Å²) >= 11 is 0. The third-order valence-electron chi connectivity index (χ3n) is 12.3. The second-order valence-electron chi connectivity index (χ2n) is 19.0. The fraction of sp³-hybridized carbons (Fsp3) is 0.944. The molecule has 1 atom stereocenters. The van der Waals surface area contributed by atoms with Crippen LogP contribution in [0.1, 0.15) is 304 Å². The van der Waals surface area contributed by atoms with Gasteiger partial charge in [-0.15, -0.1) is 0 Å². The number of carbonyl (C=O) groups excluding carboxylic acids is 3. The van der Waals surface area contributed by atoms with Gasteiger partial charge in [-0.3, -0.25) is 14.4 Å². The zero-order chi connectivity index (χ0) is 43.8. The largest absolute Gasteiger partial charge is 0.462 e. The van der Waals surface area contributed by atoms with E-state index in [4.69, 9.17) is 14.2 Å². The molecule has 0 amide bonds. The van der Waals surface area contributed by atoms with Gasteiger partial charge >= 0.3 is 17.9 Å². The van der Waals surface area contributed by atoms with Crippen LogP contribution in [-0.4, -0.2) is 37.2 Å². The van der Waals surface area contributed by atoms with Crippen LogP contribution < -0.4 is 0 Å². The van der Waals surface area contributed by atoms with E-state index in [9.17, 15) is 14.4 Å². The van der Waals surface area contributed by atoms with Gasteiger partial charge in [0.25, 0.3) is 0 Å². The van der Waals surface area contributed by atoms with Crippen molar-refractivity contribution in [3.05, 3.63) is 0 Å². The fourth-order valence-corrected chi connectivity index (χ4v) is 8.22. The van der Waals surface area contributed by atoms with E-state index in [0.717, 1.165) is 63.7 Å². The van der Waals surface area contributed by atoms with Crippen LogP contribution in [-0.2, 0) is 28.6 Å². The van der Waals surface area contributed by atoms with Crippen LogP contribution in [0.3, 0.4) is 0 Å². The van der Waals surface area contributed by atoms with Gasteiger partial charge in [0.2, 0.25) is 0 Å². The Morgan fingerprint density at radius 1 is 0.317 bits per heavy atom. The lowest BCUT2D eigenvalue weighted by atomic mass is 10.0. The number of carbonyl (C=O) groups is 3. The lowest BCUT2D eigenvalue weighted by Crippen LogP contribution is -2.30. The van der Waals surface area contributed by atoms with Crippen LogP contribution in [0.5, 0.6) is 0 Å². The van der Waals surface area contributed by atoms with Gasteiger partial charge in [-0.25, -0.2) is 0 Å². The van der Waals surface area contributed by atoms with Crippen molar-refractivity contribution in [2.24, 2.45) is 5.92 Å². The summed E-state index contributed by atoms with van der Waals surface area (Å²) in [6.07, 6.45) is 50.8. The minimum Gasteiger partial charge on any atom is -0.462 e. The fourth-order valence-electron chi connectivity index (χ4n) is 8.22. The predicted octanol–water partition coefficient (Wildman–Crippen LogP) is 17.5. The van der Waals surface area contributed by atoms with Crippen molar-refractivity contribution in [1.29, 1.82) is 0 Å². The van der Waals surface area contributed by atoms with Gasteiger partial charge in [-0.1, -0.05) is 265 Å². The first-order valence-electron chi connectivity index (χ1n) is 26.9. The molecule has 0 aromatic rings. The lowest BCUT2D eigenvalue weighted by Gasteiger charge is -2.18. The topological polar surface area (TPSA) is 78.9 Å². The lowest BCUT2D eigenvalue weighted by molar-refractivity contribution is -0.167. The minimum absolute atomic E-state index is 0.0624. The number of esters is 3. The Bertz CT molecular complexity index is 903. The Kier molecular flexibility index (Phi) is 47.2. The number of ether oxygens (including phenoxy) is 3. The van der Waals surface area contributed by atoms with E-state index in [1.165, 1.54) is 199 Å². The van der Waals surface area contributed by atoms with Crippen molar-refractivity contribution in [1.82, 2.24) is 0 Å². The summed E-state index contributed by atoms with van der Waals surface area (Å²) in [7, 11) is 0. The maximum absolute atomic E-state index is 12.8. The zero-order valence-electron chi connectivity index (χ0n) is 40.9. The average molecular weight is 849 g/mol. The summed E-state index contributed by atoms with van der Waals surface area (Å²) in [6, 6.07) is 0. The van der Waals surface area contributed by atoms with Crippen LogP contribution in [0.15, 0.2) is 0 Å². The van der Waals surface area contributed by atoms with Gasteiger partial charge in [0, 0.05) is 19.3 Å². The molecule has 356 valence electrons. The molecule has 6 nitrogen and oxygen atoms in total. The summed E-state index contributed by atoms with van der Waals surface area (Å²) in [5.41, 5.74) is 0. The minimum atomic E-state index is -0.761. The molecule has 0 aliphatic carbocycles. The average Bonchev–Trinajstić information content (AvgIpc) is 3.23. The summed E-state index contributed by atoms with van der Waals surface area (Å²) in [5.74, 6) is -0.00854. The molecule has 0 rings (SSSR count). The highest BCUT2D eigenvalue weighted by Gasteiger charge is 2.19. The third kappa shape index (κ3) is 47.5. The molecule has 0 saturated heterocycles. The Morgan fingerprint density at radius 2 is 0.550 bits per heavy atom. The zero-order valence-corrected chi connectivity index (χ0v) is 40.9. The second-order valence-corrected chi connectivity index (χ2v) is 19.0. The Labute approximate surface area is 374 Å². The molecule has 0 aliphatic rings. The van der Waals surface area contributed by atoms with Gasteiger partial charge in [0.15, 0.2) is 6.10 Å². The summed E-state index contributed by atoms with van der Waals surface area (Å²) < 4.78 is 16.8. The Hall–Kier alpha value is -1.59. The van der Waals surface area contributed by atoms with Crippen molar-refractivity contribution < 1.29 is 28.6 Å². The third-order valence-corrected chi connectivity index (χ3v) is 12.3. The maximum Gasteiger partial charge on any atom is 0.306 e. The number of rotatable bonds is 49. The molecule has 0 aromatic carbocycles. The molecule has 0 bridgehead atoms. The molecular weight excluding hydrogens is 745 g/mol. The monoisotopic (exact) mass is 849 g/mol. The van der Waals surface area contributed by atoms with E-state index in [1.807, 2.05) is 0 Å². The molecule has 60 heavy (non-hydrogen) atoms. The quantitative estimate of drug-likeness (QED) is 0.0345. The molecule has 0 unspecified atom stereocenters.